The Kier molecular flexibility index (Phi) is 2.66. The molecule has 0 heterocycles. The molecule has 24 heavy (non-hydrogen) atoms. The molecule has 5 nitrogen and oxygen atoms in total. The lowest BCUT2D eigenvalue weighted by molar-refractivity contribution is -0.129. The molecule has 0 bridgehead atoms. The van der Waals surface area contributed by atoms with Crippen LogP contribution in [0.2, 0.25) is 0 Å². The van der Waals surface area contributed by atoms with Crippen LogP contribution in [0.15, 0.2) is 18.2 Å². The second-order valence-electron chi connectivity index (χ2n) is 7.27. The van der Waals surface area contributed by atoms with Crippen LogP contribution in [0.4, 0.5) is 0 Å². The number of rotatable bonds is 2. The Hall–Kier alpha value is -1.40. The monoisotopic (exact) mass is 354 g/mol. The van der Waals surface area contributed by atoms with Crippen molar-refractivity contribution in [3.05, 3.63) is 29.3 Å². The van der Waals surface area contributed by atoms with E-state index in [1.807, 2.05) is 6.92 Å². The minimum Gasteiger partial charge on any atom is -0.362 e. The van der Waals surface area contributed by atoms with Gasteiger partial charge in [0.25, 0.3) is 0 Å². The molecule has 130 valence electrons. The van der Waals surface area contributed by atoms with Gasteiger partial charge < -0.3 is 4.18 Å². The molecule has 2 saturated carbocycles. The molecule has 0 radical (unpaired) electrons. The van der Waals surface area contributed by atoms with E-state index in [9.17, 15) is 13.2 Å². The summed E-state index contributed by atoms with van der Waals surface area (Å²) in [6.45, 7) is 1.87. The highest BCUT2D eigenvalue weighted by atomic mass is 32.3. The fourth-order valence-corrected chi connectivity index (χ4v) is 5.23. The second kappa shape index (κ2) is 5.30. The van der Waals surface area contributed by atoms with Crippen molar-refractivity contribution in [1.29, 1.82) is 0 Å². The summed E-state index contributed by atoms with van der Waals surface area (Å²) in [5, 5.41) is 0. The Labute approximate surface area is 148 Å². The zero-order valence-corrected chi connectivity index (χ0v) is 14.1. The maximum Gasteiger partial charge on any atom is 0.446 e. The Morgan fingerprint density at radius 3 is 2.96 bits per heavy atom. The highest BCUT2D eigenvalue weighted by molar-refractivity contribution is 7.81. The Morgan fingerprint density at radius 2 is 2.21 bits per heavy atom. The molecule has 0 spiro atoms. The average Bonchev–Trinajstić information content (AvgIpc) is 2.77. The van der Waals surface area contributed by atoms with Crippen molar-refractivity contribution in [3.63, 3.8) is 0 Å². The maximum atomic E-state index is 12.7. The molecular weight excluding hydrogens is 328 g/mol. The standard InChI is InChI=1S/C18H22O5S/c1-18-9-8-14-13-5-3-12(23-24(20,21)22)10-11(13)2-4-15(14)16(18)6-7-17(18)19/h3,5,10,14-16H,2,4,6-9H2,1H3,(H,20,21,22)/t14?,15?,16?,18-/m0/s1/i3D,7D2,10D. The van der Waals surface area contributed by atoms with E-state index >= 15 is 0 Å². The number of Topliss-reactive ketones (excluding diaryl/α,β-unsaturated/α-hetero) is 1. The predicted octanol–water partition coefficient (Wildman–Crippen LogP) is 3.29. The van der Waals surface area contributed by atoms with Gasteiger partial charge in [-0.2, -0.15) is 8.42 Å². The summed E-state index contributed by atoms with van der Waals surface area (Å²) >= 11 is 0. The van der Waals surface area contributed by atoms with E-state index in [1.165, 1.54) is 6.07 Å². The average molecular weight is 354 g/mol. The predicted molar refractivity (Wildman–Crippen MR) is 88.2 cm³/mol. The molecule has 4 atom stereocenters. The SMILES string of the molecule is [2H]c1cc2c(c([2H])c1OS(=O)(=O)O)CCC1C2CC[C@]2(C)C(=O)C([2H])([2H])CC12. The summed E-state index contributed by atoms with van der Waals surface area (Å²) in [6, 6.07) is 1.01. The summed E-state index contributed by atoms with van der Waals surface area (Å²) < 4.78 is 68.1. The van der Waals surface area contributed by atoms with Gasteiger partial charge >= 0.3 is 10.4 Å². The third kappa shape index (κ3) is 2.47. The van der Waals surface area contributed by atoms with Gasteiger partial charge in [0.05, 0.1) is 2.74 Å². The summed E-state index contributed by atoms with van der Waals surface area (Å²) in [5.74, 6) is -0.795. The Morgan fingerprint density at radius 1 is 1.42 bits per heavy atom. The fourth-order valence-electron chi connectivity index (χ4n) is 4.93. The van der Waals surface area contributed by atoms with E-state index in [0.29, 0.717) is 31.2 Å². The summed E-state index contributed by atoms with van der Waals surface area (Å²) in [7, 11) is -4.83. The van der Waals surface area contributed by atoms with E-state index in [-0.39, 0.29) is 42.0 Å². The molecule has 3 aliphatic carbocycles. The van der Waals surface area contributed by atoms with Crippen LogP contribution in [-0.2, 0) is 21.6 Å². The number of carbonyl (C=O) groups excluding carboxylic acids is 1. The first-order chi connectivity index (χ1) is 12.8. The van der Waals surface area contributed by atoms with Crippen molar-refractivity contribution < 1.29 is 27.4 Å². The molecule has 0 aliphatic heterocycles. The fraction of sp³-hybridized carbons (Fsp3) is 0.611. The molecular formula is C18H22O5S. The third-order valence-corrected chi connectivity index (χ3v) is 6.49. The van der Waals surface area contributed by atoms with Gasteiger partial charge in [0.2, 0.25) is 0 Å². The lowest BCUT2D eigenvalue weighted by atomic mass is 9.55. The first-order valence-corrected chi connectivity index (χ1v) is 9.56. The molecule has 1 aromatic carbocycles. The molecule has 2 fully saturated rings. The summed E-state index contributed by atoms with van der Waals surface area (Å²) in [5.41, 5.74) is 0.715. The molecule has 6 heteroatoms. The van der Waals surface area contributed by atoms with Crippen LogP contribution in [0.5, 0.6) is 5.75 Å². The number of fused-ring (bicyclic) bond motifs is 5. The molecule has 3 aliphatic rings. The van der Waals surface area contributed by atoms with Crippen LogP contribution < -0.4 is 4.18 Å². The van der Waals surface area contributed by atoms with Gasteiger partial charge in [0.1, 0.15) is 11.5 Å². The summed E-state index contributed by atoms with van der Waals surface area (Å²) in [6.07, 6.45) is 0.717. The van der Waals surface area contributed by atoms with Gasteiger partial charge in [-0.1, -0.05) is 13.0 Å². The second-order valence-corrected chi connectivity index (χ2v) is 8.29. The van der Waals surface area contributed by atoms with Crippen molar-refractivity contribution in [3.8, 4) is 5.75 Å². The zero-order valence-electron chi connectivity index (χ0n) is 17.3. The minimum atomic E-state index is -4.83. The van der Waals surface area contributed by atoms with Crippen molar-refractivity contribution >= 4 is 16.2 Å². The van der Waals surface area contributed by atoms with E-state index in [0.717, 1.165) is 5.56 Å². The quantitative estimate of drug-likeness (QED) is 0.824. The third-order valence-electron chi connectivity index (χ3n) is 6.12. The van der Waals surface area contributed by atoms with E-state index in [2.05, 4.69) is 4.18 Å². The van der Waals surface area contributed by atoms with Gasteiger partial charge in [-0.3, -0.25) is 9.35 Å². The normalized spacial score (nSPS) is 39.6. The largest absolute Gasteiger partial charge is 0.446 e. The van der Waals surface area contributed by atoms with E-state index < -0.39 is 27.9 Å². The highest BCUT2D eigenvalue weighted by Crippen LogP contribution is 2.59. The van der Waals surface area contributed by atoms with Gasteiger partial charge in [-0.25, -0.2) is 0 Å². The number of hydrogen-bond donors (Lipinski definition) is 1. The van der Waals surface area contributed by atoms with E-state index in [4.69, 9.17) is 10.0 Å². The molecule has 4 rings (SSSR count). The molecule has 1 aromatic rings. The number of hydrogen-bond acceptors (Lipinski definition) is 4. The Balaban J connectivity index is 1.75. The number of ketones is 1. The first-order valence-electron chi connectivity index (χ1n) is 10.2. The first kappa shape index (κ1) is 12.0. The van der Waals surface area contributed by atoms with Crippen molar-refractivity contribution in [2.75, 3.05) is 0 Å². The zero-order chi connectivity index (χ0) is 20.6. The number of carbonyl (C=O) groups is 1. The van der Waals surface area contributed by atoms with Crippen LogP contribution in [0, 0.1) is 17.3 Å². The van der Waals surface area contributed by atoms with Crippen LogP contribution >= 0.6 is 0 Å². The van der Waals surface area contributed by atoms with Crippen LogP contribution in [0.3, 0.4) is 0 Å². The lowest BCUT2D eigenvalue weighted by Crippen LogP contribution is -2.42. The van der Waals surface area contributed by atoms with Crippen molar-refractivity contribution in [2.45, 2.75) is 51.3 Å². The van der Waals surface area contributed by atoms with Gasteiger partial charge in [0, 0.05) is 14.5 Å². The highest BCUT2D eigenvalue weighted by Gasteiger charge is 2.54. The lowest BCUT2D eigenvalue weighted by Gasteiger charge is -2.48. The maximum absolute atomic E-state index is 12.7. The van der Waals surface area contributed by atoms with Crippen LogP contribution in [0.1, 0.15) is 61.5 Å². The smallest absolute Gasteiger partial charge is 0.362 e. The van der Waals surface area contributed by atoms with Gasteiger partial charge in [-0.05, 0) is 73.1 Å². The molecule has 0 saturated heterocycles. The topological polar surface area (TPSA) is 80.7 Å². The van der Waals surface area contributed by atoms with Crippen LogP contribution in [-0.4, -0.2) is 18.8 Å². The summed E-state index contributed by atoms with van der Waals surface area (Å²) in [4.78, 5) is 12.7. The molecule has 3 unspecified atom stereocenters. The number of benzene rings is 1. The van der Waals surface area contributed by atoms with E-state index in [1.54, 1.807) is 0 Å². The van der Waals surface area contributed by atoms with Crippen LogP contribution in [0.25, 0.3) is 0 Å². The van der Waals surface area contributed by atoms with Gasteiger partial charge in [-0.15, -0.1) is 0 Å². The Bertz CT molecular complexity index is 977. The van der Waals surface area contributed by atoms with Crippen molar-refractivity contribution in [2.24, 2.45) is 17.3 Å². The van der Waals surface area contributed by atoms with Gasteiger partial charge in [0.15, 0.2) is 0 Å². The molecule has 1 N–H and O–H groups in total. The molecule has 0 aromatic heterocycles. The molecule has 0 amide bonds. The van der Waals surface area contributed by atoms with Crippen molar-refractivity contribution in [1.82, 2.24) is 0 Å². The minimum absolute atomic E-state index is 0.00323.